The molecule has 3 nitrogen and oxygen atoms in total. The zero-order valence-electron chi connectivity index (χ0n) is 15.5. The zero-order valence-corrected chi connectivity index (χ0v) is 15.5. The third-order valence-corrected chi connectivity index (χ3v) is 4.22. The van der Waals surface area contributed by atoms with Crippen molar-refractivity contribution in [2.45, 2.75) is 117 Å². The molecule has 0 spiro atoms. The fourth-order valence-corrected chi connectivity index (χ4v) is 2.70. The predicted molar refractivity (Wildman–Crippen MR) is 96.3 cm³/mol. The van der Waals surface area contributed by atoms with Crippen molar-refractivity contribution in [3.05, 3.63) is 0 Å². The van der Waals surface area contributed by atoms with Crippen molar-refractivity contribution in [2.75, 3.05) is 0 Å². The van der Waals surface area contributed by atoms with Gasteiger partial charge in [-0.1, -0.05) is 104 Å². The number of hydrogen-bond donors (Lipinski definition) is 0. The van der Waals surface area contributed by atoms with E-state index < -0.39 is 11.9 Å². The second-order valence-electron chi connectivity index (χ2n) is 6.59. The third-order valence-electron chi connectivity index (χ3n) is 4.22. The summed E-state index contributed by atoms with van der Waals surface area (Å²) in [7, 11) is 0. The van der Waals surface area contributed by atoms with Gasteiger partial charge in [0.2, 0.25) is 0 Å². The number of hydrogen-bond acceptors (Lipinski definition) is 3. The number of esters is 2. The molecule has 0 unspecified atom stereocenters. The maximum atomic E-state index is 10.0. The summed E-state index contributed by atoms with van der Waals surface area (Å²) in [5.74, 6) is -0.796. The summed E-state index contributed by atoms with van der Waals surface area (Å²) in [5, 5.41) is 0. The SMILES string of the molecule is CCCCCCCCCCCCCCCC.O=C1CCC(=O)O1. The fraction of sp³-hybridized carbons (Fsp3) is 0.900. The van der Waals surface area contributed by atoms with Gasteiger partial charge in [0, 0.05) is 0 Å². The largest absolute Gasteiger partial charge is 0.393 e. The van der Waals surface area contributed by atoms with E-state index in [1.54, 1.807) is 0 Å². The van der Waals surface area contributed by atoms with Gasteiger partial charge in [0.1, 0.15) is 0 Å². The second kappa shape index (κ2) is 17.5. The van der Waals surface area contributed by atoms with Gasteiger partial charge in [0.25, 0.3) is 0 Å². The van der Waals surface area contributed by atoms with Gasteiger partial charge >= 0.3 is 11.9 Å². The van der Waals surface area contributed by atoms with Crippen LogP contribution in [0.2, 0.25) is 0 Å². The minimum Gasteiger partial charge on any atom is -0.393 e. The van der Waals surface area contributed by atoms with Crippen LogP contribution in [0.3, 0.4) is 0 Å². The number of carbonyl (C=O) groups is 2. The molecule has 136 valence electrons. The summed E-state index contributed by atoms with van der Waals surface area (Å²) in [4.78, 5) is 20.0. The van der Waals surface area contributed by atoms with Gasteiger partial charge in [-0.3, -0.25) is 9.59 Å². The average molecular weight is 327 g/mol. The summed E-state index contributed by atoms with van der Waals surface area (Å²) in [6.45, 7) is 4.58. The van der Waals surface area contributed by atoms with E-state index in [0.717, 1.165) is 0 Å². The van der Waals surface area contributed by atoms with Crippen LogP contribution in [0.4, 0.5) is 0 Å². The molecular formula is C20H38O3. The van der Waals surface area contributed by atoms with E-state index in [-0.39, 0.29) is 12.8 Å². The average Bonchev–Trinajstić information content (AvgIpc) is 2.92. The standard InChI is InChI=1S/C16H34.C4H4O3/c1-3-5-7-9-11-13-15-16-14-12-10-8-6-4-2;5-3-1-2-4(6)7-3/h3-16H2,1-2H3;1-2H2. The smallest absolute Gasteiger partial charge is 0.314 e. The van der Waals surface area contributed by atoms with E-state index >= 15 is 0 Å². The fourth-order valence-electron chi connectivity index (χ4n) is 2.70. The first-order chi connectivity index (χ1) is 11.2. The van der Waals surface area contributed by atoms with Gasteiger partial charge < -0.3 is 4.74 Å². The first-order valence-corrected chi connectivity index (χ1v) is 9.94. The number of rotatable bonds is 13. The minimum atomic E-state index is -0.398. The zero-order chi connectivity index (χ0) is 17.2. The Morgan fingerprint density at radius 3 is 1.00 bits per heavy atom. The van der Waals surface area contributed by atoms with Crippen LogP contribution in [0.25, 0.3) is 0 Å². The third kappa shape index (κ3) is 17.3. The van der Waals surface area contributed by atoms with Crippen LogP contribution in [0.1, 0.15) is 117 Å². The Morgan fingerprint density at radius 2 is 0.826 bits per heavy atom. The van der Waals surface area contributed by atoms with Gasteiger partial charge in [-0.25, -0.2) is 0 Å². The van der Waals surface area contributed by atoms with E-state index in [0.29, 0.717) is 0 Å². The lowest BCUT2D eigenvalue weighted by Gasteiger charge is -2.02. The number of cyclic esters (lactones) is 2. The van der Waals surface area contributed by atoms with E-state index in [4.69, 9.17) is 0 Å². The van der Waals surface area contributed by atoms with Crippen LogP contribution < -0.4 is 0 Å². The summed E-state index contributed by atoms with van der Waals surface area (Å²) in [6.07, 6.45) is 20.9. The minimum absolute atomic E-state index is 0.263. The molecule has 0 aromatic rings. The Labute approximate surface area is 143 Å². The molecule has 3 heteroatoms. The Hall–Kier alpha value is -0.860. The number of carbonyl (C=O) groups excluding carboxylic acids is 2. The normalized spacial score (nSPS) is 13.7. The highest BCUT2D eigenvalue weighted by Crippen LogP contribution is 2.12. The molecule has 1 rings (SSSR count). The molecule has 0 N–H and O–H groups in total. The van der Waals surface area contributed by atoms with Crippen LogP contribution in [-0.4, -0.2) is 11.9 Å². The van der Waals surface area contributed by atoms with Crippen LogP contribution >= 0.6 is 0 Å². The van der Waals surface area contributed by atoms with Gasteiger partial charge in [-0.15, -0.1) is 0 Å². The monoisotopic (exact) mass is 326 g/mol. The topological polar surface area (TPSA) is 43.4 Å². The highest BCUT2D eigenvalue weighted by molar-refractivity contribution is 5.92. The van der Waals surface area contributed by atoms with Crippen molar-refractivity contribution in [2.24, 2.45) is 0 Å². The molecule has 0 atom stereocenters. The molecule has 0 aromatic carbocycles. The van der Waals surface area contributed by atoms with Crippen LogP contribution in [0.15, 0.2) is 0 Å². The quantitative estimate of drug-likeness (QED) is 0.225. The van der Waals surface area contributed by atoms with E-state index in [2.05, 4.69) is 18.6 Å². The summed E-state index contributed by atoms with van der Waals surface area (Å²) in [5.41, 5.74) is 0. The van der Waals surface area contributed by atoms with Crippen molar-refractivity contribution >= 4 is 11.9 Å². The maximum Gasteiger partial charge on any atom is 0.314 e. The molecule has 0 bridgehead atoms. The predicted octanol–water partition coefficient (Wildman–Crippen LogP) is 6.34. The molecule has 0 aliphatic carbocycles. The lowest BCUT2D eigenvalue weighted by atomic mass is 10.0. The van der Waals surface area contributed by atoms with Crippen molar-refractivity contribution in [3.63, 3.8) is 0 Å². The molecule has 0 saturated carbocycles. The second-order valence-corrected chi connectivity index (χ2v) is 6.59. The summed E-state index contributed by atoms with van der Waals surface area (Å²) < 4.78 is 4.08. The molecule has 1 heterocycles. The highest BCUT2D eigenvalue weighted by atomic mass is 16.6. The van der Waals surface area contributed by atoms with E-state index in [9.17, 15) is 9.59 Å². The van der Waals surface area contributed by atoms with Crippen molar-refractivity contribution < 1.29 is 14.3 Å². The summed E-state index contributed by atoms with van der Waals surface area (Å²) in [6, 6.07) is 0. The molecule has 0 radical (unpaired) electrons. The van der Waals surface area contributed by atoms with Gasteiger partial charge in [0.15, 0.2) is 0 Å². The molecule has 0 aromatic heterocycles. The Morgan fingerprint density at radius 1 is 0.565 bits per heavy atom. The first-order valence-electron chi connectivity index (χ1n) is 9.94. The molecular weight excluding hydrogens is 288 g/mol. The lowest BCUT2D eigenvalue weighted by molar-refractivity contribution is -0.151. The van der Waals surface area contributed by atoms with Crippen molar-refractivity contribution in [1.29, 1.82) is 0 Å². The Bertz CT molecular complexity index is 259. The number of unbranched alkanes of at least 4 members (excludes halogenated alkanes) is 13. The van der Waals surface area contributed by atoms with E-state index in [1.165, 1.54) is 89.9 Å². The molecule has 1 saturated heterocycles. The highest BCUT2D eigenvalue weighted by Gasteiger charge is 2.19. The molecule has 23 heavy (non-hydrogen) atoms. The molecule has 1 aliphatic rings. The molecule has 0 amide bonds. The molecule has 1 aliphatic heterocycles. The Balaban J connectivity index is 0.000000568. The Kier molecular flexibility index (Phi) is 16.8. The van der Waals surface area contributed by atoms with Crippen LogP contribution in [0, 0.1) is 0 Å². The lowest BCUT2D eigenvalue weighted by Crippen LogP contribution is -1.94. The van der Waals surface area contributed by atoms with Crippen molar-refractivity contribution in [1.82, 2.24) is 0 Å². The number of ether oxygens (including phenoxy) is 1. The van der Waals surface area contributed by atoms with Crippen molar-refractivity contribution in [3.8, 4) is 0 Å². The maximum absolute atomic E-state index is 10.0. The van der Waals surface area contributed by atoms with Gasteiger partial charge in [0.05, 0.1) is 12.8 Å². The van der Waals surface area contributed by atoms with Gasteiger partial charge in [-0.05, 0) is 0 Å². The van der Waals surface area contributed by atoms with Crippen LogP contribution in [-0.2, 0) is 14.3 Å². The summed E-state index contributed by atoms with van der Waals surface area (Å²) >= 11 is 0. The first kappa shape index (κ1) is 22.1. The molecule has 1 fully saturated rings. The van der Waals surface area contributed by atoms with Gasteiger partial charge in [-0.2, -0.15) is 0 Å². The van der Waals surface area contributed by atoms with E-state index in [1.807, 2.05) is 0 Å². The van der Waals surface area contributed by atoms with Crippen LogP contribution in [0.5, 0.6) is 0 Å².